The third-order valence-electron chi connectivity index (χ3n) is 8.27. The molecule has 0 fully saturated rings. The Morgan fingerprint density at radius 1 is 0.298 bits per heavy atom. The zero-order valence-electron chi connectivity index (χ0n) is 36.9. The average molecular weight is 988 g/mol. The van der Waals surface area contributed by atoms with Gasteiger partial charge in [-0.3, -0.25) is 19.2 Å². The van der Waals surface area contributed by atoms with Crippen LogP contribution in [0.5, 0.6) is 0 Å². The van der Waals surface area contributed by atoms with Crippen molar-refractivity contribution < 1.29 is 38.1 Å². The van der Waals surface area contributed by atoms with Crippen LogP contribution in [-0.4, -0.2) is 97.2 Å². The van der Waals surface area contributed by atoms with Crippen molar-refractivity contribution in [3.8, 4) is 0 Å². The van der Waals surface area contributed by atoms with Gasteiger partial charge in [0.05, 0.1) is 26.4 Å². The maximum absolute atomic E-state index is 10.9. The van der Waals surface area contributed by atoms with Gasteiger partial charge in [0, 0.05) is 25.7 Å². The molecule has 0 aliphatic carbocycles. The van der Waals surface area contributed by atoms with Crippen molar-refractivity contribution in [3.63, 3.8) is 0 Å². The van der Waals surface area contributed by atoms with Crippen molar-refractivity contribution in [2.24, 2.45) is 0 Å². The third kappa shape index (κ3) is 70.9. The van der Waals surface area contributed by atoms with Crippen molar-refractivity contribution in [1.82, 2.24) is 0 Å². The molecule has 0 spiro atoms. The largest absolute Gasteiger partial charge is 4.00 e. The molecular formula is C44H84O8S4Sn. The van der Waals surface area contributed by atoms with E-state index < -0.39 is 0 Å². The number of hydrogen-bond acceptors (Lipinski definition) is 12. The number of rotatable bonds is 36. The molecule has 0 aromatic heterocycles. The summed E-state index contributed by atoms with van der Waals surface area (Å²) in [5, 5.41) is 0. The van der Waals surface area contributed by atoms with Crippen LogP contribution in [0.25, 0.3) is 0 Å². The maximum atomic E-state index is 10.9. The van der Waals surface area contributed by atoms with Crippen LogP contribution in [0.2, 0.25) is 0 Å². The minimum atomic E-state index is -0.145. The molecule has 0 atom stereocenters. The van der Waals surface area contributed by atoms with Crippen LogP contribution in [0, 0.1) is 0 Å². The monoisotopic (exact) mass is 988 g/mol. The fraction of sp³-hybridized carbons (Fsp3) is 0.909. The van der Waals surface area contributed by atoms with Gasteiger partial charge in [0.1, 0.15) is 0 Å². The first-order chi connectivity index (χ1) is 27.2. The van der Waals surface area contributed by atoms with Gasteiger partial charge in [-0.2, -0.15) is 23.0 Å². The number of unbranched alkanes of at least 4 members (excludes halogenated alkanes) is 20. The number of esters is 4. The number of carbonyl (C=O) groups excluding carboxylic acids is 4. The number of ether oxygens (including phenoxy) is 4. The first kappa shape index (κ1) is 66.2. The molecular weight excluding hydrogens is 903 g/mol. The van der Waals surface area contributed by atoms with Crippen LogP contribution < -0.4 is 0 Å². The predicted octanol–water partition coefficient (Wildman–Crippen LogP) is 10.9. The summed E-state index contributed by atoms with van der Waals surface area (Å²) in [5.41, 5.74) is 0. The number of hydrogen-bond donors (Lipinski definition) is 0. The van der Waals surface area contributed by atoms with Gasteiger partial charge in [-0.05, 0) is 25.7 Å². The molecule has 336 valence electrons. The van der Waals surface area contributed by atoms with Gasteiger partial charge < -0.3 is 69.5 Å². The second-order valence-corrected chi connectivity index (χ2v) is 15.4. The zero-order chi connectivity index (χ0) is 42.6. The summed E-state index contributed by atoms with van der Waals surface area (Å²) >= 11 is 18.7. The zero-order valence-corrected chi connectivity index (χ0v) is 43.0. The Hall–Kier alpha value is 0.0787. The second kappa shape index (κ2) is 62.7. The topological polar surface area (TPSA) is 105 Å². The molecule has 0 unspecified atom stereocenters. The smallest absolute Gasteiger partial charge is 0.792 e. The molecule has 13 heteroatoms. The van der Waals surface area contributed by atoms with Crippen LogP contribution in [0.15, 0.2) is 0 Å². The Bertz CT molecular complexity index is 684. The van der Waals surface area contributed by atoms with Crippen LogP contribution in [0.4, 0.5) is 0 Å². The summed E-state index contributed by atoms with van der Waals surface area (Å²) in [7, 11) is 0. The average Bonchev–Trinajstić information content (AvgIpc) is 3.18. The van der Waals surface area contributed by atoms with Crippen LogP contribution in [0.1, 0.15) is 207 Å². The Kier molecular flexibility index (Phi) is 72.8. The number of carbonyl (C=O) groups is 4. The molecule has 8 nitrogen and oxygen atoms in total. The molecule has 0 amide bonds. The van der Waals surface area contributed by atoms with E-state index in [0.717, 1.165) is 25.7 Å². The molecule has 0 N–H and O–H groups in total. The summed E-state index contributed by atoms with van der Waals surface area (Å²) in [4.78, 5) is 43.6. The van der Waals surface area contributed by atoms with E-state index in [4.69, 9.17) is 18.9 Å². The minimum Gasteiger partial charge on any atom is -0.792 e. The van der Waals surface area contributed by atoms with E-state index in [9.17, 15) is 19.2 Å². The predicted molar refractivity (Wildman–Crippen MR) is 250 cm³/mol. The van der Waals surface area contributed by atoms with Gasteiger partial charge in [-0.1, -0.05) is 156 Å². The summed E-state index contributed by atoms with van der Waals surface area (Å²) in [6.07, 6.45) is 30.7. The van der Waals surface area contributed by atoms with E-state index in [-0.39, 0.29) is 47.8 Å². The molecule has 0 aromatic rings. The van der Waals surface area contributed by atoms with E-state index in [0.29, 0.717) is 75.1 Å². The molecule has 0 saturated heterocycles. The minimum absolute atomic E-state index is 0. The standard InChI is InChI=1S/4C11H22O2S.Sn/c4*1-2-3-4-5-6-7-9-13-11(12)8-10-14;/h4*14H,2-10H2,1H3;/q;;;;+4/p-4. The summed E-state index contributed by atoms with van der Waals surface area (Å²) in [6, 6.07) is 0. The Morgan fingerprint density at radius 2 is 0.456 bits per heavy atom. The maximum Gasteiger partial charge on any atom is 4.00 e. The van der Waals surface area contributed by atoms with Gasteiger partial charge in [0.15, 0.2) is 0 Å². The molecule has 0 aliphatic heterocycles. The summed E-state index contributed by atoms with van der Waals surface area (Å²) in [6.45, 7) is 11.1. The summed E-state index contributed by atoms with van der Waals surface area (Å²) < 4.78 is 19.9. The molecule has 0 heterocycles. The van der Waals surface area contributed by atoms with E-state index in [1.807, 2.05) is 0 Å². The van der Waals surface area contributed by atoms with Gasteiger partial charge in [0.2, 0.25) is 0 Å². The molecule has 57 heavy (non-hydrogen) atoms. The first-order valence-corrected chi connectivity index (χ1v) is 24.5. The Balaban J connectivity index is -0.000000210. The SMILES string of the molecule is CCCCCCCCOC(=O)CC[S-].CCCCCCCCOC(=O)CC[S-].CCCCCCCCOC(=O)CC[S-].CCCCCCCCOC(=O)CC[S-].[Sn+4]. The molecule has 0 radical (unpaired) electrons. The van der Waals surface area contributed by atoms with Crippen LogP contribution in [0.3, 0.4) is 0 Å². The fourth-order valence-electron chi connectivity index (χ4n) is 4.90. The van der Waals surface area contributed by atoms with Gasteiger partial charge in [-0.15, -0.1) is 0 Å². The van der Waals surface area contributed by atoms with E-state index >= 15 is 0 Å². The van der Waals surface area contributed by atoms with Crippen molar-refractivity contribution in [1.29, 1.82) is 0 Å². The molecule has 0 bridgehead atoms. The third-order valence-corrected chi connectivity index (χ3v) is 9.09. The molecule has 0 aliphatic rings. The van der Waals surface area contributed by atoms with Gasteiger partial charge in [-0.25, -0.2) is 0 Å². The Labute approximate surface area is 390 Å². The van der Waals surface area contributed by atoms with Crippen molar-refractivity contribution >= 4 is 98.3 Å². The second-order valence-electron chi connectivity index (χ2n) is 13.8. The van der Waals surface area contributed by atoms with E-state index in [2.05, 4.69) is 78.2 Å². The summed E-state index contributed by atoms with van der Waals surface area (Å²) in [5.74, 6) is 1.29. The molecule has 0 saturated carbocycles. The van der Waals surface area contributed by atoms with Crippen LogP contribution >= 0.6 is 0 Å². The van der Waals surface area contributed by atoms with Gasteiger partial charge in [0.25, 0.3) is 0 Å². The quantitative estimate of drug-likeness (QED) is 0.0196. The van der Waals surface area contributed by atoms with Crippen molar-refractivity contribution in [2.75, 3.05) is 49.4 Å². The normalized spacial score (nSPS) is 9.96. The molecule has 0 rings (SSSR count). The van der Waals surface area contributed by atoms with Crippen molar-refractivity contribution in [3.05, 3.63) is 0 Å². The first-order valence-electron chi connectivity index (χ1n) is 22.2. The van der Waals surface area contributed by atoms with Crippen LogP contribution in [-0.2, 0) is 88.6 Å². The molecule has 0 aromatic carbocycles. The van der Waals surface area contributed by atoms with E-state index in [1.165, 1.54) is 128 Å². The van der Waals surface area contributed by atoms with Gasteiger partial charge >= 0.3 is 47.8 Å². The Morgan fingerprint density at radius 3 is 0.614 bits per heavy atom. The van der Waals surface area contributed by atoms with Crippen molar-refractivity contribution in [2.45, 2.75) is 207 Å². The fourth-order valence-corrected chi connectivity index (χ4v) is 5.56. The van der Waals surface area contributed by atoms with E-state index in [1.54, 1.807) is 0 Å².